The van der Waals surface area contributed by atoms with Crippen LogP contribution in [0.1, 0.15) is 36.8 Å². The Balaban J connectivity index is 1.86. The second-order valence-electron chi connectivity index (χ2n) is 8.80. The fourth-order valence-electron chi connectivity index (χ4n) is 3.44. The number of hydrogen-bond acceptors (Lipinski definition) is 8. The van der Waals surface area contributed by atoms with Gasteiger partial charge in [0.05, 0.1) is 37.9 Å². The number of ether oxygens (including phenoxy) is 3. The zero-order valence-electron chi connectivity index (χ0n) is 19.8. The Hall–Kier alpha value is -3.86. The molecule has 0 fully saturated rings. The fraction of sp³-hybridized carbons (Fsp3) is 0.391. The molecule has 1 aromatic carbocycles. The molecule has 0 unspecified atom stereocenters. The molecule has 3 aromatic rings. The Bertz CT molecular complexity index is 1230. The van der Waals surface area contributed by atoms with Gasteiger partial charge in [-0.05, 0) is 38.5 Å². The molecule has 2 amide bonds. The van der Waals surface area contributed by atoms with E-state index >= 15 is 0 Å². The molecule has 0 saturated carbocycles. The van der Waals surface area contributed by atoms with Crippen LogP contribution in [-0.2, 0) is 16.1 Å². The van der Waals surface area contributed by atoms with Gasteiger partial charge in [0.2, 0.25) is 0 Å². The van der Waals surface area contributed by atoms with Crippen molar-refractivity contribution in [3.63, 3.8) is 0 Å². The first kappa shape index (κ1) is 23.3. The number of carbonyl (C=O) groups is 2. The average Bonchev–Trinajstić information content (AvgIpc) is 3.20. The fourth-order valence-corrected chi connectivity index (χ4v) is 3.44. The van der Waals surface area contributed by atoms with Crippen LogP contribution in [0, 0.1) is 0 Å². The van der Waals surface area contributed by atoms with Crippen LogP contribution in [-0.4, -0.2) is 59.5 Å². The largest absolute Gasteiger partial charge is 0.495 e. The van der Waals surface area contributed by atoms with Gasteiger partial charge >= 0.3 is 6.09 Å². The van der Waals surface area contributed by atoms with Gasteiger partial charge in [0.15, 0.2) is 17.2 Å². The van der Waals surface area contributed by atoms with Crippen molar-refractivity contribution in [1.29, 1.82) is 0 Å². The smallest absolute Gasteiger partial charge is 0.414 e. The lowest BCUT2D eigenvalue weighted by molar-refractivity contribution is 0.0589. The number of aromatic nitrogens is 3. The van der Waals surface area contributed by atoms with E-state index in [2.05, 4.69) is 20.7 Å². The first-order valence-electron chi connectivity index (χ1n) is 10.8. The first-order chi connectivity index (χ1) is 16.2. The molecular weight excluding hydrogens is 440 g/mol. The van der Waals surface area contributed by atoms with Crippen molar-refractivity contribution in [2.24, 2.45) is 0 Å². The number of fused-ring (bicyclic) bond motifs is 3. The van der Waals surface area contributed by atoms with Crippen LogP contribution in [0.5, 0.6) is 5.75 Å². The van der Waals surface area contributed by atoms with E-state index in [0.29, 0.717) is 48.3 Å². The molecule has 180 valence electrons. The van der Waals surface area contributed by atoms with Crippen molar-refractivity contribution in [3.05, 3.63) is 41.7 Å². The summed E-state index contributed by atoms with van der Waals surface area (Å²) in [5, 5.41) is 10.6. The number of methoxy groups -OCH3 is 1. The summed E-state index contributed by atoms with van der Waals surface area (Å²) in [7, 11) is 3.16. The highest BCUT2D eigenvalue weighted by atomic mass is 16.6. The Morgan fingerprint density at radius 1 is 1.26 bits per heavy atom. The number of carbonyl (C=O) groups excluding carboxylic acids is 2. The van der Waals surface area contributed by atoms with Crippen molar-refractivity contribution in [2.75, 3.05) is 37.5 Å². The summed E-state index contributed by atoms with van der Waals surface area (Å²) >= 11 is 0. The lowest BCUT2D eigenvalue weighted by Crippen LogP contribution is -2.34. The van der Waals surface area contributed by atoms with Crippen molar-refractivity contribution >= 4 is 34.8 Å². The van der Waals surface area contributed by atoms with Crippen LogP contribution in [0.25, 0.3) is 5.65 Å². The molecular formula is C23H28N6O5. The monoisotopic (exact) mass is 468 g/mol. The van der Waals surface area contributed by atoms with Crippen LogP contribution in [0.3, 0.4) is 0 Å². The maximum absolute atomic E-state index is 12.8. The van der Waals surface area contributed by atoms with E-state index in [-0.39, 0.29) is 11.6 Å². The van der Waals surface area contributed by atoms with E-state index < -0.39 is 11.7 Å². The molecule has 0 spiro atoms. The number of nitrogens with zero attached hydrogens (tertiary/aromatic N) is 4. The topological polar surface area (TPSA) is 119 Å². The van der Waals surface area contributed by atoms with Crippen molar-refractivity contribution in [1.82, 2.24) is 19.9 Å². The van der Waals surface area contributed by atoms with E-state index in [1.165, 1.54) is 15.6 Å². The third-order valence-electron chi connectivity index (χ3n) is 5.04. The summed E-state index contributed by atoms with van der Waals surface area (Å²) in [4.78, 5) is 31.3. The SMILES string of the molecule is COc1ccc2cc1Nc1cc(N(C)C(=O)OC(C)(C)C)c3ncc(n3n1)C(=O)NCCOC2. The van der Waals surface area contributed by atoms with Crippen LogP contribution >= 0.6 is 0 Å². The molecule has 0 saturated heterocycles. The Morgan fingerprint density at radius 2 is 2.06 bits per heavy atom. The summed E-state index contributed by atoms with van der Waals surface area (Å²) in [5.74, 6) is 0.613. The maximum atomic E-state index is 12.8. The summed E-state index contributed by atoms with van der Waals surface area (Å²) < 4.78 is 18.1. The highest BCUT2D eigenvalue weighted by Gasteiger charge is 2.25. The van der Waals surface area contributed by atoms with E-state index in [1.54, 1.807) is 41.0 Å². The highest BCUT2D eigenvalue weighted by molar-refractivity contribution is 5.96. The second-order valence-corrected chi connectivity index (χ2v) is 8.80. The Labute approximate surface area is 197 Å². The quantitative estimate of drug-likeness (QED) is 0.589. The highest BCUT2D eigenvalue weighted by Crippen LogP contribution is 2.31. The predicted molar refractivity (Wildman–Crippen MR) is 126 cm³/mol. The molecule has 1 aliphatic heterocycles. The third-order valence-corrected chi connectivity index (χ3v) is 5.04. The number of anilines is 3. The molecule has 0 atom stereocenters. The molecule has 3 heterocycles. The van der Waals surface area contributed by atoms with Crippen molar-refractivity contribution < 1.29 is 23.8 Å². The van der Waals surface area contributed by atoms with Gasteiger partial charge in [0.1, 0.15) is 11.4 Å². The zero-order valence-corrected chi connectivity index (χ0v) is 19.8. The van der Waals surface area contributed by atoms with Gasteiger partial charge in [-0.2, -0.15) is 0 Å². The molecule has 2 aromatic heterocycles. The van der Waals surface area contributed by atoms with Crippen molar-refractivity contribution in [3.8, 4) is 5.75 Å². The molecule has 0 aliphatic carbocycles. The molecule has 11 nitrogen and oxygen atoms in total. The molecule has 1 aliphatic rings. The average molecular weight is 469 g/mol. The van der Waals surface area contributed by atoms with Gasteiger partial charge in [-0.3, -0.25) is 9.69 Å². The van der Waals surface area contributed by atoms with Crippen molar-refractivity contribution in [2.45, 2.75) is 33.0 Å². The van der Waals surface area contributed by atoms with Crippen LogP contribution < -0.4 is 20.3 Å². The molecule has 11 heteroatoms. The summed E-state index contributed by atoms with van der Waals surface area (Å²) in [6.07, 6.45) is 0.855. The normalized spacial score (nSPS) is 14.2. The molecule has 4 rings (SSSR count). The summed E-state index contributed by atoms with van der Waals surface area (Å²) in [6, 6.07) is 7.31. The van der Waals surface area contributed by atoms with Gasteiger partial charge in [-0.1, -0.05) is 6.07 Å². The van der Waals surface area contributed by atoms with E-state index in [4.69, 9.17) is 14.2 Å². The summed E-state index contributed by atoms with van der Waals surface area (Å²) in [6.45, 7) is 6.39. The number of nitrogens with one attached hydrogen (secondary N) is 2. The number of benzene rings is 1. The standard InChI is InChI=1S/C23H28N6O5/c1-23(2,3)34-22(31)28(4)16-11-19-26-15-10-14(6-7-18(15)32-5)13-33-9-8-24-21(30)17-12-25-20(16)29(17)27-19/h6-7,10-12H,8-9,13H2,1-5H3,(H,24,30)(H,26,27). The number of rotatable bonds is 2. The van der Waals surface area contributed by atoms with E-state index in [9.17, 15) is 9.59 Å². The molecule has 34 heavy (non-hydrogen) atoms. The number of hydrogen-bond donors (Lipinski definition) is 2. The van der Waals surface area contributed by atoms with Gasteiger partial charge in [0, 0.05) is 19.7 Å². The van der Waals surface area contributed by atoms with E-state index in [1.807, 2.05) is 18.2 Å². The lowest BCUT2D eigenvalue weighted by Gasteiger charge is -2.25. The first-order valence-corrected chi connectivity index (χ1v) is 10.8. The molecule has 2 N–H and O–H groups in total. The van der Waals surface area contributed by atoms with Crippen LogP contribution in [0.2, 0.25) is 0 Å². The Morgan fingerprint density at radius 3 is 2.79 bits per heavy atom. The van der Waals surface area contributed by atoms with Gasteiger partial charge < -0.3 is 24.8 Å². The Kier molecular flexibility index (Phi) is 6.29. The number of amides is 2. The molecule has 4 bridgehead atoms. The predicted octanol–water partition coefficient (Wildman–Crippen LogP) is 3.11. The second kappa shape index (κ2) is 9.18. The van der Waals surface area contributed by atoms with E-state index in [0.717, 1.165) is 5.56 Å². The summed E-state index contributed by atoms with van der Waals surface area (Å²) in [5.41, 5.74) is 1.85. The maximum Gasteiger partial charge on any atom is 0.414 e. The number of imidazole rings is 1. The third kappa shape index (κ3) is 4.88. The minimum atomic E-state index is -0.681. The lowest BCUT2D eigenvalue weighted by atomic mass is 10.2. The molecule has 0 radical (unpaired) electrons. The van der Waals surface area contributed by atoms with Gasteiger partial charge in [0.25, 0.3) is 5.91 Å². The van der Waals surface area contributed by atoms with Crippen LogP contribution in [0.15, 0.2) is 30.5 Å². The zero-order chi connectivity index (χ0) is 24.5. The minimum absolute atomic E-state index is 0.218. The van der Waals surface area contributed by atoms with Gasteiger partial charge in [-0.15, -0.1) is 5.10 Å². The van der Waals surface area contributed by atoms with Gasteiger partial charge in [-0.25, -0.2) is 14.3 Å². The minimum Gasteiger partial charge on any atom is -0.495 e. The van der Waals surface area contributed by atoms with Crippen LogP contribution in [0.4, 0.5) is 22.0 Å².